The second kappa shape index (κ2) is 12.4. The number of thiophene rings is 7. The van der Waals surface area contributed by atoms with E-state index in [0.29, 0.717) is 13.2 Å². The minimum atomic E-state index is 0.533. The van der Waals surface area contributed by atoms with Crippen LogP contribution in [-0.4, -0.2) is 25.8 Å². The van der Waals surface area contributed by atoms with E-state index >= 15 is 0 Å². The fourth-order valence-electron chi connectivity index (χ4n) is 5.74. The Bertz CT molecular complexity index is 2150. The topological polar surface area (TPSA) is 52.6 Å². The van der Waals surface area contributed by atoms with E-state index in [0.717, 1.165) is 54.7 Å². The summed E-state index contributed by atoms with van der Waals surface area (Å²) in [6, 6.07) is 17.2. The van der Waals surface area contributed by atoms with Crippen LogP contribution in [0.4, 0.5) is 0 Å². The molecule has 47 heavy (non-hydrogen) atoms. The Morgan fingerprint density at radius 1 is 0.447 bits per heavy atom. The molecule has 0 unspecified atom stereocenters. The summed E-state index contributed by atoms with van der Waals surface area (Å²) in [6.45, 7) is 9.56. The molecule has 1 aliphatic heterocycles. The van der Waals surface area contributed by atoms with Crippen molar-refractivity contribution >= 4 is 91.9 Å². The van der Waals surface area contributed by atoms with Crippen LogP contribution in [0.3, 0.4) is 0 Å². The monoisotopic (exact) mass is 746 g/mol. The molecule has 8 heterocycles. The number of hydrogen-bond acceptors (Lipinski definition) is 11. The Hall–Kier alpha value is -3.16. The highest BCUT2D eigenvalue weighted by atomic mass is 32.1. The molecule has 8 rings (SSSR count). The van der Waals surface area contributed by atoms with Gasteiger partial charge in [0.05, 0.1) is 19.5 Å². The second-order valence-corrected chi connectivity index (χ2v) is 18.7. The van der Waals surface area contributed by atoms with Crippen molar-refractivity contribution in [1.29, 1.82) is 0 Å². The van der Waals surface area contributed by atoms with Gasteiger partial charge in [-0.25, -0.2) is 0 Å². The molecule has 0 saturated heterocycles. The summed E-state index contributed by atoms with van der Waals surface area (Å²) in [5, 5.41) is 0. The van der Waals surface area contributed by atoms with Gasteiger partial charge in [0.1, 0.15) is 13.2 Å². The number of ether oxygens (including phenoxy) is 2. The molecular formula is C36H26O4S7. The van der Waals surface area contributed by atoms with Crippen molar-refractivity contribution in [3.63, 3.8) is 0 Å². The summed E-state index contributed by atoms with van der Waals surface area (Å²) in [7, 11) is 0. The highest BCUT2D eigenvalue weighted by Gasteiger charge is 2.29. The molecule has 0 aromatic carbocycles. The summed E-state index contributed by atoms with van der Waals surface area (Å²) in [5.74, 6) is 1.69. The quantitative estimate of drug-likeness (QED) is 0.145. The molecule has 0 fully saturated rings. The Morgan fingerprint density at radius 3 is 1.17 bits per heavy atom. The van der Waals surface area contributed by atoms with Crippen molar-refractivity contribution in [2.75, 3.05) is 13.2 Å². The fraction of sp³-hybridized carbons (Fsp3) is 0.167. The molecule has 0 saturated carbocycles. The molecule has 0 bridgehead atoms. The summed E-state index contributed by atoms with van der Waals surface area (Å²) < 4.78 is 12.6. The molecule has 0 aliphatic carbocycles. The van der Waals surface area contributed by atoms with Gasteiger partial charge in [-0.05, 0) is 98.5 Å². The average Bonchev–Trinajstić information content (AvgIpc) is 3.91. The van der Waals surface area contributed by atoms with Crippen molar-refractivity contribution in [2.45, 2.75) is 27.7 Å². The molecule has 0 atom stereocenters. The number of fused-ring (bicyclic) bond motifs is 1. The zero-order valence-corrected chi connectivity index (χ0v) is 31.4. The van der Waals surface area contributed by atoms with Gasteiger partial charge in [-0.15, -0.1) is 79.4 Å². The molecule has 7 aromatic heterocycles. The molecule has 11 heteroatoms. The predicted molar refractivity (Wildman–Crippen MR) is 205 cm³/mol. The zero-order chi connectivity index (χ0) is 32.4. The lowest BCUT2D eigenvalue weighted by molar-refractivity contribution is 0.111. The largest absolute Gasteiger partial charge is 0.485 e. The van der Waals surface area contributed by atoms with Gasteiger partial charge in [0.25, 0.3) is 0 Å². The third-order valence-electron chi connectivity index (χ3n) is 7.90. The van der Waals surface area contributed by atoms with Gasteiger partial charge >= 0.3 is 0 Å². The number of carbonyl (C=O) groups excluding carboxylic acids is 2. The van der Waals surface area contributed by atoms with Gasteiger partial charge in [0.2, 0.25) is 0 Å². The molecule has 1 aliphatic rings. The molecule has 0 N–H and O–H groups in total. The van der Waals surface area contributed by atoms with Gasteiger partial charge in [-0.2, -0.15) is 0 Å². The van der Waals surface area contributed by atoms with E-state index in [2.05, 4.69) is 64.1 Å². The Balaban J connectivity index is 1.14. The van der Waals surface area contributed by atoms with Gasteiger partial charge in [-0.3, -0.25) is 9.59 Å². The van der Waals surface area contributed by atoms with Crippen LogP contribution >= 0.6 is 79.4 Å². The van der Waals surface area contributed by atoms with Crippen molar-refractivity contribution in [2.24, 2.45) is 0 Å². The van der Waals surface area contributed by atoms with E-state index in [-0.39, 0.29) is 0 Å². The summed E-state index contributed by atoms with van der Waals surface area (Å²) >= 11 is 12.0. The smallest absolute Gasteiger partial charge is 0.181 e. The first-order valence-electron chi connectivity index (χ1n) is 14.8. The molecular weight excluding hydrogens is 721 g/mol. The maximum atomic E-state index is 11.3. The molecule has 0 radical (unpaired) electrons. The van der Waals surface area contributed by atoms with E-state index in [4.69, 9.17) is 9.47 Å². The van der Waals surface area contributed by atoms with E-state index in [1.54, 1.807) is 79.4 Å². The minimum Gasteiger partial charge on any atom is -0.485 e. The van der Waals surface area contributed by atoms with Crippen molar-refractivity contribution in [3.8, 4) is 70.0 Å². The predicted octanol–water partition coefficient (Wildman–Crippen LogP) is 12.7. The summed E-state index contributed by atoms with van der Waals surface area (Å²) in [5.41, 5.74) is 4.75. The van der Waals surface area contributed by atoms with Crippen molar-refractivity contribution in [3.05, 3.63) is 80.5 Å². The summed E-state index contributed by atoms with van der Waals surface area (Å²) in [4.78, 5) is 38.5. The molecule has 0 spiro atoms. The van der Waals surface area contributed by atoms with Gasteiger partial charge in [0.15, 0.2) is 24.1 Å². The third kappa shape index (κ3) is 5.51. The molecule has 236 valence electrons. The number of hydrogen-bond donors (Lipinski definition) is 0. The fourth-order valence-corrected chi connectivity index (χ4v) is 14.2. The number of aryl methyl sites for hydroxylation is 4. The lowest BCUT2D eigenvalue weighted by Gasteiger charge is -2.16. The highest BCUT2D eigenvalue weighted by Crippen LogP contribution is 2.58. The number of aldehydes is 2. The number of rotatable bonds is 8. The van der Waals surface area contributed by atoms with Crippen LogP contribution in [0.15, 0.2) is 48.5 Å². The van der Waals surface area contributed by atoms with Crippen molar-refractivity contribution in [1.82, 2.24) is 0 Å². The molecule has 7 aromatic rings. The Morgan fingerprint density at radius 2 is 0.809 bits per heavy atom. The van der Waals surface area contributed by atoms with E-state index < -0.39 is 0 Å². The SMILES string of the molecule is Cc1cc(C=O)sc1-c1ccc(-c2sc(-c3sc(-c4cc(C)c(-c5ccc(-c6sc(C=O)cc6C)s5)s4)c4c3OCCO4)cc2C)s1. The first kappa shape index (κ1) is 31.1. The zero-order valence-electron chi connectivity index (χ0n) is 25.7. The third-order valence-corrected chi connectivity index (χ3v) is 17.1. The lowest BCUT2D eigenvalue weighted by Crippen LogP contribution is -2.14. The van der Waals surface area contributed by atoms with E-state index in [1.165, 1.54) is 59.9 Å². The number of carbonyl (C=O) groups is 2. The lowest BCUT2D eigenvalue weighted by atomic mass is 10.2. The minimum absolute atomic E-state index is 0.533. The van der Waals surface area contributed by atoms with E-state index in [1.807, 2.05) is 12.1 Å². The normalized spacial score (nSPS) is 12.6. The first-order chi connectivity index (χ1) is 22.8. The Kier molecular flexibility index (Phi) is 8.20. The van der Waals surface area contributed by atoms with Gasteiger partial charge < -0.3 is 9.47 Å². The maximum absolute atomic E-state index is 11.3. The van der Waals surface area contributed by atoms with Crippen LogP contribution in [0.25, 0.3) is 58.5 Å². The average molecular weight is 747 g/mol. The molecule has 4 nitrogen and oxygen atoms in total. The van der Waals surface area contributed by atoms with Crippen LogP contribution in [0.1, 0.15) is 41.6 Å². The van der Waals surface area contributed by atoms with Crippen molar-refractivity contribution < 1.29 is 19.1 Å². The van der Waals surface area contributed by atoms with Crippen LogP contribution in [0, 0.1) is 27.7 Å². The van der Waals surface area contributed by atoms with Crippen LogP contribution in [0.5, 0.6) is 11.5 Å². The highest BCUT2D eigenvalue weighted by molar-refractivity contribution is 7.31. The Labute approximate surface area is 300 Å². The van der Waals surface area contributed by atoms with Gasteiger partial charge in [0, 0.05) is 48.8 Å². The second-order valence-electron chi connectivity index (χ2n) is 11.2. The van der Waals surface area contributed by atoms with Crippen LogP contribution in [0.2, 0.25) is 0 Å². The van der Waals surface area contributed by atoms with Crippen LogP contribution < -0.4 is 9.47 Å². The van der Waals surface area contributed by atoms with Gasteiger partial charge in [-0.1, -0.05) is 0 Å². The van der Waals surface area contributed by atoms with E-state index in [9.17, 15) is 9.59 Å². The first-order valence-corrected chi connectivity index (χ1v) is 20.5. The summed E-state index contributed by atoms with van der Waals surface area (Å²) in [6.07, 6.45) is 1.87. The standard InChI is InChI=1S/C36H26O4S7/c1-17-11-21(15-37)41-31(17)23-5-7-25(43-23)33-19(3)13-27(45-33)35-29-30(40-10-9-39-29)36(47-35)28-14-20(4)34(46-28)26-8-6-24(44-26)32-18(2)12-22(16-38)42-32/h5-8,11-16H,9-10H2,1-4H3. The maximum Gasteiger partial charge on any atom is 0.181 e. The molecule has 0 amide bonds. The van der Waals surface area contributed by atoms with Crippen LogP contribution in [-0.2, 0) is 0 Å².